The summed E-state index contributed by atoms with van der Waals surface area (Å²) in [5.74, 6) is -1.11. The minimum Gasteiger partial charge on any atom is -0.306 e. The van der Waals surface area contributed by atoms with Gasteiger partial charge in [0, 0.05) is 23.1 Å². The molecule has 0 radical (unpaired) electrons. The number of hydrogen-bond donors (Lipinski definition) is 4. The summed E-state index contributed by atoms with van der Waals surface area (Å²) in [6.45, 7) is 1.28. The minimum atomic E-state index is -0.613. The SMILES string of the molecule is O=C(NO)[C@H]1CC2(CC2)CN[C@@H]1C(=O)C1CC(c2cc(Cl)cc(Cl)c2)=CCN1. The lowest BCUT2D eigenvalue weighted by Gasteiger charge is -2.37. The molecule has 4 rings (SSSR count). The number of ketones is 1. The van der Waals surface area contributed by atoms with Crippen molar-refractivity contribution in [3.8, 4) is 0 Å². The summed E-state index contributed by atoms with van der Waals surface area (Å²) in [6.07, 6.45) is 5.26. The van der Waals surface area contributed by atoms with Crippen LogP contribution in [0.2, 0.25) is 10.0 Å². The molecule has 1 unspecified atom stereocenters. The van der Waals surface area contributed by atoms with Crippen molar-refractivity contribution in [2.75, 3.05) is 13.1 Å². The second kappa shape index (κ2) is 7.76. The van der Waals surface area contributed by atoms with Crippen LogP contribution in [0.3, 0.4) is 0 Å². The summed E-state index contributed by atoms with van der Waals surface area (Å²) in [5.41, 5.74) is 3.75. The van der Waals surface area contributed by atoms with Crippen LogP contribution in [0.5, 0.6) is 0 Å². The van der Waals surface area contributed by atoms with E-state index in [9.17, 15) is 9.59 Å². The molecule has 1 saturated heterocycles. The van der Waals surface area contributed by atoms with Gasteiger partial charge >= 0.3 is 0 Å². The monoisotopic (exact) mass is 423 g/mol. The Hall–Kier alpha value is -1.44. The Kier molecular flexibility index (Phi) is 5.51. The van der Waals surface area contributed by atoms with E-state index in [2.05, 4.69) is 10.6 Å². The van der Waals surface area contributed by atoms with Crippen LogP contribution < -0.4 is 16.1 Å². The van der Waals surface area contributed by atoms with Gasteiger partial charge in [0.15, 0.2) is 5.78 Å². The van der Waals surface area contributed by atoms with Crippen molar-refractivity contribution in [2.24, 2.45) is 11.3 Å². The molecular weight excluding hydrogens is 401 g/mol. The lowest BCUT2D eigenvalue weighted by atomic mass is 9.78. The number of Topliss-reactive ketones (excluding diaryl/α,β-unsaturated/α-hetero) is 1. The summed E-state index contributed by atoms with van der Waals surface area (Å²) in [6, 6.07) is 4.32. The molecule has 4 N–H and O–H groups in total. The van der Waals surface area contributed by atoms with Crippen molar-refractivity contribution in [1.29, 1.82) is 0 Å². The van der Waals surface area contributed by atoms with Gasteiger partial charge in [-0.15, -0.1) is 0 Å². The molecule has 1 aliphatic carbocycles. The van der Waals surface area contributed by atoms with Crippen molar-refractivity contribution in [3.63, 3.8) is 0 Å². The first-order chi connectivity index (χ1) is 13.4. The maximum absolute atomic E-state index is 13.3. The highest BCUT2D eigenvalue weighted by Gasteiger charge is 2.52. The number of carbonyl (C=O) groups is 2. The second-order valence-electron chi connectivity index (χ2n) is 8.10. The highest BCUT2D eigenvalue weighted by Crippen LogP contribution is 2.52. The van der Waals surface area contributed by atoms with Gasteiger partial charge in [-0.2, -0.15) is 0 Å². The third-order valence-corrected chi connectivity index (χ3v) is 6.61. The molecule has 1 aromatic rings. The summed E-state index contributed by atoms with van der Waals surface area (Å²) < 4.78 is 0. The van der Waals surface area contributed by atoms with Gasteiger partial charge in [0.05, 0.1) is 18.0 Å². The summed E-state index contributed by atoms with van der Waals surface area (Å²) >= 11 is 12.2. The van der Waals surface area contributed by atoms with Crippen LogP contribution in [0.1, 0.15) is 31.2 Å². The maximum Gasteiger partial charge on any atom is 0.248 e. The fourth-order valence-corrected chi connectivity index (χ4v) is 4.93. The minimum absolute atomic E-state index is 0.0529. The Labute approximate surface area is 173 Å². The molecule has 6 nitrogen and oxygen atoms in total. The van der Waals surface area contributed by atoms with Gasteiger partial charge in [-0.1, -0.05) is 29.3 Å². The van der Waals surface area contributed by atoms with Crippen molar-refractivity contribution < 1.29 is 14.8 Å². The average molecular weight is 424 g/mol. The summed E-state index contributed by atoms with van der Waals surface area (Å²) in [5, 5.41) is 16.8. The Morgan fingerprint density at radius 3 is 2.50 bits per heavy atom. The first-order valence-corrected chi connectivity index (χ1v) is 10.3. The zero-order valence-electron chi connectivity index (χ0n) is 15.3. The number of nitrogens with one attached hydrogen (secondary N) is 3. The van der Waals surface area contributed by atoms with Crippen LogP contribution in [0, 0.1) is 11.3 Å². The van der Waals surface area contributed by atoms with Gasteiger partial charge in [0.2, 0.25) is 5.91 Å². The number of hydrogen-bond acceptors (Lipinski definition) is 5. The van der Waals surface area contributed by atoms with Crippen LogP contribution in [0.15, 0.2) is 24.3 Å². The first kappa shape index (κ1) is 19.9. The standard InChI is InChI=1S/C20H23Cl2N3O3/c21-13-5-12(6-14(22)8-13)11-1-4-23-16(7-11)18(26)17-15(19(27)25-28)9-20(2-3-20)10-24-17/h1,5-6,8,15-17,23-24,28H,2-4,7,9-10H2,(H,25,27)/t15-,16?,17-/m0/s1. The number of piperidine rings is 1. The lowest BCUT2D eigenvalue weighted by molar-refractivity contribution is -0.140. The summed E-state index contributed by atoms with van der Waals surface area (Å²) in [4.78, 5) is 25.5. The predicted octanol–water partition coefficient (Wildman–Crippen LogP) is 2.57. The normalized spacial score (nSPS) is 28.5. The van der Waals surface area contributed by atoms with Crippen molar-refractivity contribution in [1.82, 2.24) is 16.1 Å². The highest BCUT2D eigenvalue weighted by atomic mass is 35.5. The molecule has 0 aromatic heterocycles. The van der Waals surface area contributed by atoms with E-state index >= 15 is 0 Å². The molecule has 2 aliphatic heterocycles. The molecule has 0 bridgehead atoms. The van der Waals surface area contributed by atoms with E-state index in [1.165, 1.54) is 0 Å². The quantitative estimate of drug-likeness (QED) is 0.441. The molecule has 3 atom stereocenters. The van der Waals surface area contributed by atoms with Crippen LogP contribution in [-0.2, 0) is 9.59 Å². The Bertz CT molecular complexity index is 818. The van der Waals surface area contributed by atoms with Crippen molar-refractivity contribution in [3.05, 3.63) is 39.9 Å². The van der Waals surface area contributed by atoms with E-state index in [0.29, 0.717) is 29.4 Å². The molecular formula is C20H23Cl2N3O3. The topological polar surface area (TPSA) is 90.5 Å². The van der Waals surface area contributed by atoms with Gasteiger partial charge < -0.3 is 10.6 Å². The van der Waals surface area contributed by atoms with Gasteiger partial charge in [0.1, 0.15) is 0 Å². The molecule has 150 valence electrons. The van der Waals surface area contributed by atoms with E-state index < -0.39 is 23.9 Å². The molecule has 1 saturated carbocycles. The van der Waals surface area contributed by atoms with Gasteiger partial charge in [-0.25, -0.2) is 5.48 Å². The number of amides is 1. The smallest absolute Gasteiger partial charge is 0.248 e. The predicted molar refractivity (Wildman–Crippen MR) is 107 cm³/mol. The largest absolute Gasteiger partial charge is 0.306 e. The zero-order valence-corrected chi connectivity index (χ0v) is 16.8. The van der Waals surface area contributed by atoms with E-state index in [-0.39, 0.29) is 11.2 Å². The molecule has 2 heterocycles. The van der Waals surface area contributed by atoms with Crippen LogP contribution in [0.25, 0.3) is 5.57 Å². The Balaban J connectivity index is 1.51. The van der Waals surface area contributed by atoms with Crippen LogP contribution in [0.4, 0.5) is 0 Å². The zero-order chi connectivity index (χ0) is 19.9. The molecule has 2 fully saturated rings. The van der Waals surface area contributed by atoms with E-state index in [0.717, 1.165) is 30.5 Å². The molecule has 1 amide bonds. The van der Waals surface area contributed by atoms with Crippen molar-refractivity contribution in [2.45, 2.75) is 37.8 Å². The maximum atomic E-state index is 13.3. The van der Waals surface area contributed by atoms with Crippen LogP contribution in [-0.4, -0.2) is 42.1 Å². The average Bonchev–Trinajstić information content (AvgIpc) is 3.44. The molecule has 1 aromatic carbocycles. The number of halogens is 2. The number of hydroxylamine groups is 1. The molecule has 8 heteroatoms. The first-order valence-electron chi connectivity index (χ1n) is 9.51. The Morgan fingerprint density at radius 1 is 1.14 bits per heavy atom. The second-order valence-corrected chi connectivity index (χ2v) is 8.97. The highest BCUT2D eigenvalue weighted by molar-refractivity contribution is 6.34. The molecule has 28 heavy (non-hydrogen) atoms. The van der Waals surface area contributed by atoms with Gasteiger partial charge in [-0.05, 0) is 60.4 Å². The third kappa shape index (κ3) is 3.98. The summed E-state index contributed by atoms with van der Waals surface area (Å²) in [7, 11) is 0. The fraction of sp³-hybridized carbons (Fsp3) is 0.500. The number of benzene rings is 1. The van der Waals surface area contributed by atoms with Crippen LogP contribution >= 0.6 is 23.2 Å². The van der Waals surface area contributed by atoms with E-state index in [1.807, 2.05) is 18.2 Å². The number of rotatable bonds is 4. The lowest BCUT2D eigenvalue weighted by Crippen LogP contribution is -2.59. The molecule has 3 aliphatic rings. The van der Waals surface area contributed by atoms with Gasteiger partial charge in [0.25, 0.3) is 0 Å². The van der Waals surface area contributed by atoms with E-state index in [4.69, 9.17) is 28.4 Å². The van der Waals surface area contributed by atoms with Gasteiger partial charge in [-0.3, -0.25) is 14.8 Å². The molecule has 1 spiro atoms. The fourth-order valence-electron chi connectivity index (χ4n) is 4.40. The van der Waals surface area contributed by atoms with Crippen molar-refractivity contribution >= 4 is 40.5 Å². The third-order valence-electron chi connectivity index (χ3n) is 6.18. The van der Waals surface area contributed by atoms with E-state index in [1.54, 1.807) is 11.5 Å². The number of carbonyl (C=O) groups excluding carboxylic acids is 2. The Morgan fingerprint density at radius 2 is 1.86 bits per heavy atom.